The van der Waals surface area contributed by atoms with Gasteiger partial charge in [-0.05, 0) is 6.92 Å². The van der Waals surface area contributed by atoms with Crippen LogP contribution in [-0.2, 0) is 13.6 Å². The molecule has 1 heterocycles. The molecular weight excluding hydrogens is 526 g/mol. The number of hydrogen-bond donors (Lipinski definition) is 0. The summed E-state index contributed by atoms with van der Waals surface area (Å²) < 4.78 is 213. The Kier molecular flexibility index (Phi) is 7.65. The second-order valence-corrected chi connectivity index (χ2v) is 10.1. The third-order valence-electron chi connectivity index (χ3n) is 3.91. The zero-order valence-electron chi connectivity index (χ0n) is 15.3. The van der Waals surface area contributed by atoms with Crippen LogP contribution in [0, 0.1) is 0 Å². The summed E-state index contributed by atoms with van der Waals surface area (Å²) in [6.45, 7) is 3.18. The topological polar surface area (TPSA) is 8.81 Å². The van der Waals surface area contributed by atoms with Crippen molar-refractivity contribution in [3.8, 4) is 0 Å². The van der Waals surface area contributed by atoms with E-state index in [-0.39, 0.29) is 0 Å². The molecule has 0 bridgehead atoms. The maximum absolute atomic E-state index is 13.4. The van der Waals surface area contributed by atoms with Crippen LogP contribution >= 0.6 is 7.22 Å². The van der Waals surface area contributed by atoms with Gasteiger partial charge in [0.2, 0.25) is 6.33 Å². The van der Waals surface area contributed by atoms with E-state index in [0.717, 1.165) is 6.54 Å². The fourth-order valence-electron chi connectivity index (χ4n) is 2.03. The molecule has 0 saturated carbocycles. The van der Waals surface area contributed by atoms with Crippen molar-refractivity contribution in [1.82, 2.24) is 4.57 Å². The molecule has 0 N–H and O–H groups in total. The Bertz CT molecular complexity index is 713. The van der Waals surface area contributed by atoms with Gasteiger partial charge in [0.1, 0.15) is 12.4 Å². The molecule has 0 fully saturated rings. The van der Waals surface area contributed by atoms with Crippen molar-refractivity contribution in [2.24, 2.45) is 7.05 Å². The van der Waals surface area contributed by atoms with Crippen LogP contribution in [0.5, 0.6) is 0 Å². The third kappa shape index (κ3) is 4.08. The summed E-state index contributed by atoms with van der Waals surface area (Å²) in [5.41, 5.74) is -27.0. The Morgan fingerprint density at radius 2 is 0.938 bits per heavy atom. The van der Waals surface area contributed by atoms with Crippen LogP contribution in [0.1, 0.15) is 6.92 Å². The number of nitrogens with zero attached hydrogens (tertiary/aromatic N) is 2. The quantitative estimate of drug-likeness (QED) is 0.226. The molecule has 0 aliphatic heterocycles. The van der Waals surface area contributed by atoms with Crippen LogP contribution in [0.2, 0.25) is 0 Å². The molecule has 20 heteroatoms. The van der Waals surface area contributed by atoms with E-state index in [1.165, 1.54) is 0 Å². The summed E-state index contributed by atoms with van der Waals surface area (Å²) in [5.74, 6) is 0. The molecule has 1 aromatic heterocycles. The predicted molar refractivity (Wildman–Crippen MR) is 74.8 cm³/mol. The minimum atomic E-state index is -13.1. The van der Waals surface area contributed by atoms with Crippen LogP contribution in [0.4, 0.5) is 74.3 Å². The van der Waals surface area contributed by atoms with Gasteiger partial charge in [-0.25, -0.2) is 9.13 Å². The molecule has 0 aromatic carbocycles. The fraction of sp³-hybridized carbons (Fsp3) is 0.750. The van der Waals surface area contributed by atoms with Crippen molar-refractivity contribution in [2.45, 2.75) is 49.0 Å². The number of imidazole rings is 1. The number of aryl methyl sites for hydroxylation is 2. The molecule has 0 aliphatic rings. The van der Waals surface area contributed by atoms with E-state index in [1.54, 1.807) is 0 Å². The van der Waals surface area contributed by atoms with Gasteiger partial charge in [0.25, 0.3) is 0 Å². The fourth-order valence-corrected chi connectivity index (χ4v) is 4.70. The van der Waals surface area contributed by atoms with Gasteiger partial charge in [-0.1, -0.05) is 0 Å². The van der Waals surface area contributed by atoms with Gasteiger partial charge in [0.15, 0.2) is 0 Å². The van der Waals surface area contributed by atoms with Crippen LogP contribution < -0.4 is 4.57 Å². The Morgan fingerprint density at radius 1 is 0.656 bits per heavy atom. The first-order valence-corrected chi connectivity index (χ1v) is 9.81. The molecule has 1 rings (SSSR count). The molecule has 0 atom stereocenters. The Hall–Kier alpha value is -1.55. The molecule has 32 heavy (non-hydrogen) atoms. The normalized spacial score (nSPS) is 16.2. The van der Waals surface area contributed by atoms with Gasteiger partial charge in [0.05, 0.1) is 13.6 Å². The van der Waals surface area contributed by atoms with Gasteiger partial charge in [0, 0.05) is 0 Å². The summed E-state index contributed by atoms with van der Waals surface area (Å²) in [6, 6.07) is 0. The van der Waals surface area contributed by atoms with E-state index < -0.39 is 42.7 Å². The van der Waals surface area contributed by atoms with Crippen LogP contribution in [0.3, 0.4) is 0 Å². The molecule has 0 amide bonds. The molecule has 0 unspecified atom stereocenters. The van der Waals surface area contributed by atoms with Gasteiger partial charge < -0.3 is 0 Å². The Balaban J connectivity index is 0.000000995. The maximum atomic E-state index is 13.4. The molecule has 2 nitrogen and oxygen atoms in total. The second-order valence-electron chi connectivity index (χ2n) is 6.14. The summed E-state index contributed by atoms with van der Waals surface area (Å²) in [7, 11) is -11.0. The van der Waals surface area contributed by atoms with Crippen LogP contribution in [-0.4, -0.2) is 40.1 Å². The van der Waals surface area contributed by atoms with Gasteiger partial charge in [-0.3, -0.25) is 0 Å². The minimum absolute atomic E-state index is 1.06. The first-order chi connectivity index (χ1) is 13.6. The second kappa shape index (κ2) is 8.04. The standard InChI is InChI=1S/C6HF17P.C6H11N2/c7-1(8,9)4(16,17)24(22,23,5(18,19)2(10,11)12)6(20,21)3(13,14)15;1-3-8-5-4-7(2)6-8/h24H;4-6H,3H2,1-2H3/q-1;+1. The predicted octanol–water partition coefficient (Wildman–Crippen LogP) is 6.84. The van der Waals surface area contributed by atoms with Crippen molar-refractivity contribution in [3.05, 3.63) is 18.7 Å². The molecule has 0 spiro atoms. The van der Waals surface area contributed by atoms with E-state index >= 15 is 0 Å². The van der Waals surface area contributed by atoms with E-state index in [1.807, 2.05) is 17.8 Å². The van der Waals surface area contributed by atoms with E-state index in [0.29, 0.717) is 0 Å². The Morgan fingerprint density at radius 3 is 1.06 bits per heavy atom. The number of alkyl halides is 15. The van der Waals surface area contributed by atoms with E-state index in [4.69, 9.17) is 0 Å². The number of rotatable bonds is 4. The number of halogens is 17. The average Bonchev–Trinajstić information content (AvgIpc) is 2.97. The summed E-state index contributed by atoms with van der Waals surface area (Å²) in [6.07, 6.45) is -18.7. The summed E-state index contributed by atoms with van der Waals surface area (Å²) in [5, 5.41) is 0. The molecule has 0 saturated heterocycles. The number of aromatic nitrogens is 2. The van der Waals surface area contributed by atoms with Crippen molar-refractivity contribution < 1.29 is 78.8 Å². The van der Waals surface area contributed by atoms with Crippen molar-refractivity contribution >= 4 is 7.22 Å². The summed E-state index contributed by atoms with van der Waals surface area (Å²) >= 11 is 0. The van der Waals surface area contributed by atoms with E-state index in [2.05, 4.69) is 24.0 Å². The third-order valence-corrected chi connectivity index (χ3v) is 8.07. The van der Waals surface area contributed by atoms with Gasteiger partial charge in [-0.15, -0.1) is 0 Å². The van der Waals surface area contributed by atoms with Crippen molar-refractivity contribution in [2.75, 3.05) is 0 Å². The average molecular weight is 538 g/mol. The molecule has 194 valence electrons. The molecule has 1 aromatic rings. The van der Waals surface area contributed by atoms with Crippen LogP contribution in [0.25, 0.3) is 0 Å². The van der Waals surface area contributed by atoms with Gasteiger partial charge in [-0.2, -0.15) is 0 Å². The SMILES string of the molecule is CC[n+]1ccn(C)c1.FC(F)(F)C(F)(F)[PH-](F)(F)(C(F)(F)C(F)(F)F)C(F)(F)C(F)(F)F. The zero-order chi connectivity index (χ0) is 26.4. The van der Waals surface area contributed by atoms with Crippen molar-refractivity contribution in [3.63, 3.8) is 0 Å². The monoisotopic (exact) mass is 538 g/mol. The summed E-state index contributed by atoms with van der Waals surface area (Å²) in [4.78, 5) is 0. The van der Waals surface area contributed by atoms with Crippen LogP contribution in [0.15, 0.2) is 18.7 Å². The molecule has 0 radical (unpaired) electrons. The zero-order valence-corrected chi connectivity index (χ0v) is 16.3. The first-order valence-electron chi connectivity index (χ1n) is 7.55. The van der Waals surface area contributed by atoms with Crippen molar-refractivity contribution in [1.29, 1.82) is 0 Å². The molecule has 0 aliphatic carbocycles. The van der Waals surface area contributed by atoms with Gasteiger partial charge >= 0.3 is 117 Å². The van der Waals surface area contributed by atoms with E-state index in [9.17, 15) is 74.3 Å². The molecular formula is C12H12F17N2P. The Labute approximate surface area is 166 Å². The number of hydrogen-bond acceptors (Lipinski definition) is 0. The first kappa shape index (κ1) is 30.4.